The van der Waals surface area contributed by atoms with E-state index in [1.165, 1.54) is 16.1 Å². The van der Waals surface area contributed by atoms with E-state index >= 15 is 0 Å². The van der Waals surface area contributed by atoms with Gasteiger partial charge >= 0.3 is 6.03 Å². The predicted molar refractivity (Wildman–Crippen MR) is 95.2 cm³/mol. The molecular formula is C18H23N3O2S. The summed E-state index contributed by atoms with van der Waals surface area (Å²) in [5.74, 6) is 0.564. The van der Waals surface area contributed by atoms with Crippen molar-refractivity contribution >= 4 is 17.4 Å². The molecule has 0 saturated carbocycles. The minimum absolute atomic E-state index is 0.249. The van der Waals surface area contributed by atoms with Gasteiger partial charge in [-0.25, -0.2) is 9.78 Å². The third-order valence-corrected chi connectivity index (χ3v) is 5.33. The van der Waals surface area contributed by atoms with Gasteiger partial charge in [0.2, 0.25) is 0 Å². The molecule has 1 heterocycles. The third-order valence-electron chi connectivity index (χ3n) is 4.21. The largest absolute Gasteiger partial charge is 0.392 e. The summed E-state index contributed by atoms with van der Waals surface area (Å²) in [5.41, 5.74) is 2.59. The Balaban J connectivity index is 1.56. The van der Waals surface area contributed by atoms with Crippen LogP contribution < -0.4 is 10.6 Å². The standard InChI is InChI=1S/C18H23N3O2S/c1-12(22)10-19-18(23)20-11-17-21-15-8-7-14(9-16(15)24-17)13-5-3-2-4-6-13/h2-6,12,14,22H,7-11H2,1H3,(H2,19,20,23)/t12-,14?/m1/s1. The fraction of sp³-hybridized carbons (Fsp3) is 0.444. The second-order valence-electron chi connectivity index (χ2n) is 6.24. The number of carbonyl (C=O) groups excluding carboxylic acids is 1. The van der Waals surface area contributed by atoms with Gasteiger partial charge in [0.25, 0.3) is 0 Å². The van der Waals surface area contributed by atoms with E-state index in [0.717, 1.165) is 24.3 Å². The van der Waals surface area contributed by atoms with Crippen molar-refractivity contribution in [2.24, 2.45) is 0 Å². The summed E-state index contributed by atoms with van der Waals surface area (Å²) in [6, 6.07) is 10.4. The summed E-state index contributed by atoms with van der Waals surface area (Å²) in [4.78, 5) is 17.7. The molecule has 24 heavy (non-hydrogen) atoms. The van der Waals surface area contributed by atoms with Crippen LogP contribution in [0.25, 0.3) is 0 Å². The summed E-state index contributed by atoms with van der Waals surface area (Å²) in [6.45, 7) is 2.32. The van der Waals surface area contributed by atoms with Crippen LogP contribution in [-0.4, -0.2) is 28.8 Å². The molecule has 1 aliphatic rings. The Morgan fingerprint density at radius 1 is 1.38 bits per heavy atom. The van der Waals surface area contributed by atoms with E-state index in [-0.39, 0.29) is 12.6 Å². The van der Waals surface area contributed by atoms with E-state index < -0.39 is 6.10 Å². The lowest BCUT2D eigenvalue weighted by molar-refractivity contribution is 0.187. The molecule has 0 radical (unpaired) electrons. The average Bonchev–Trinajstić information content (AvgIpc) is 3.01. The Morgan fingerprint density at radius 3 is 2.92 bits per heavy atom. The lowest BCUT2D eigenvalue weighted by Gasteiger charge is -2.21. The number of aliphatic hydroxyl groups is 1. The van der Waals surface area contributed by atoms with Crippen molar-refractivity contribution in [2.45, 2.75) is 44.8 Å². The number of benzene rings is 1. The number of aliphatic hydroxyl groups excluding tert-OH is 1. The highest BCUT2D eigenvalue weighted by atomic mass is 32.1. The van der Waals surface area contributed by atoms with Crippen molar-refractivity contribution in [2.75, 3.05) is 6.54 Å². The normalized spacial score (nSPS) is 17.8. The van der Waals surface area contributed by atoms with Gasteiger partial charge in [0, 0.05) is 11.4 Å². The van der Waals surface area contributed by atoms with Crippen LogP contribution in [0, 0.1) is 0 Å². The SMILES string of the molecule is C[C@@H](O)CNC(=O)NCc1nc2c(s1)CC(c1ccccc1)CC2. The molecule has 2 aromatic rings. The number of amides is 2. The molecule has 2 amide bonds. The van der Waals surface area contributed by atoms with Crippen molar-refractivity contribution in [3.8, 4) is 0 Å². The van der Waals surface area contributed by atoms with Crippen LogP contribution in [0.15, 0.2) is 30.3 Å². The highest BCUT2D eigenvalue weighted by Gasteiger charge is 2.23. The lowest BCUT2D eigenvalue weighted by Crippen LogP contribution is -2.38. The highest BCUT2D eigenvalue weighted by molar-refractivity contribution is 7.11. The summed E-state index contributed by atoms with van der Waals surface area (Å²) in [6.07, 6.45) is 2.62. The molecule has 5 nitrogen and oxygen atoms in total. The number of nitrogens with one attached hydrogen (secondary N) is 2. The zero-order valence-corrected chi connectivity index (χ0v) is 14.6. The fourth-order valence-electron chi connectivity index (χ4n) is 2.97. The first-order valence-corrected chi connectivity index (χ1v) is 9.15. The summed E-state index contributed by atoms with van der Waals surface area (Å²) in [5, 5.41) is 15.5. The molecule has 1 unspecified atom stereocenters. The van der Waals surface area contributed by atoms with Crippen LogP contribution in [-0.2, 0) is 19.4 Å². The molecule has 1 aromatic carbocycles. The van der Waals surface area contributed by atoms with Crippen LogP contribution in [0.5, 0.6) is 0 Å². The molecule has 1 aromatic heterocycles. The first kappa shape index (κ1) is 16.9. The van der Waals surface area contributed by atoms with Gasteiger partial charge in [-0.1, -0.05) is 30.3 Å². The average molecular weight is 345 g/mol. The van der Waals surface area contributed by atoms with Gasteiger partial charge in [-0.05, 0) is 37.7 Å². The molecule has 3 rings (SSSR count). The smallest absolute Gasteiger partial charge is 0.315 e. The number of nitrogens with zero attached hydrogens (tertiary/aromatic N) is 1. The first-order valence-electron chi connectivity index (χ1n) is 8.34. The van der Waals surface area contributed by atoms with Crippen molar-refractivity contribution in [1.29, 1.82) is 0 Å². The maximum absolute atomic E-state index is 11.6. The minimum atomic E-state index is -0.544. The van der Waals surface area contributed by atoms with E-state index in [2.05, 4.69) is 45.9 Å². The van der Waals surface area contributed by atoms with Gasteiger partial charge < -0.3 is 15.7 Å². The number of aromatic nitrogens is 1. The number of hydrogen-bond acceptors (Lipinski definition) is 4. The first-order chi connectivity index (χ1) is 11.6. The predicted octanol–water partition coefficient (Wildman–Crippen LogP) is 2.60. The molecule has 3 N–H and O–H groups in total. The lowest BCUT2D eigenvalue weighted by atomic mass is 9.85. The summed E-state index contributed by atoms with van der Waals surface area (Å²) in [7, 11) is 0. The quantitative estimate of drug-likeness (QED) is 0.780. The van der Waals surface area contributed by atoms with Gasteiger partial charge in [-0.3, -0.25) is 0 Å². The van der Waals surface area contributed by atoms with Crippen LogP contribution in [0.4, 0.5) is 4.79 Å². The van der Waals surface area contributed by atoms with E-state index in [1.54, 1.807) is 18.3 Å². The van der Waals surface area contributed by atoms with Crippen LogP contribution in [0.2, 0.25) is 0 Å². The molecular weight excluding hydrogens is 322 g/mol. The number of rotatable bonds is 5. The van der Waals surface area contributed by atoms with Crippen molar-refractivity contribution in [3.63, 3.8) is 0 Å². The van der Waals surface area contributed by atoms with Gasteiger partial charge in [0.05, 0.1) is 18.3 Å². The van der Waals surface area contributed by atoms with Crippen molar-refractivity contribution in [3.05, 3.63) is 51.5 Å². The Kier molecular flexibility index (Phi) is 5.48. The van der Waals surface area contributed by atoms with Crippen LogP contribution in [0.3, 0.4) is 0 Å². The van der Waals surface area contributed by atoms with E-state index in [4.69, 9.17) is 5.11 Å². The van der Waals surface area contributed by atoms with E-state index in [1.807, 2.05) is 0 Å². The number of carbonyl (C=O) groups is 1. The summed E-state index contributed by atoms with van der Waals surface area (Å²) >= 11 is 1.70. The molecule has 1 aliphatic carbocycles. The summed E-state index contributed by atoms with van der Waals surface area (Å²) < 4.78 is 0. The van der Waals surface area contributed by atoms with Gasteiger partial charge in [0.15, 0.2) is 0 Å². The number of thiazole rings is 1. The molecule has 0 bridgehead atoms. The van der Waals surface area contributed by atoms with E-state index in [9.17, 15) is 4.79 Å². The highest BCUT2D eigenvalue weighted by Crippen LogP contribution is 2.35. The molecule has 0 fully saturated rings. The Hall–Kier alpha value is -1.92. The second kappa shape index (κ2) is 7.77. The zero-order chi connectivity index (χ0) is 16.9. The zero-order valence-electron chi connectivity index (χ0n) is 13.8. The molecule has 0 saturated heterocycles. The van der Waals surface area contributed by atoms with Crippen LogP contribution in [0.1, 0.15) is 40.4 Å². The monoisotopic (exact) mass is 345 g/mol. The maximum Gasteiger partial charge on any atom is 0.315 e. The van der Waals surface area contributed by atoms with Gasteiger partial charge in [-0.15, -0.1) is 11.3 Å². The number of aryl methyl sites for hydroxylation is 1. The topological polar surface area (TPSA) is 74.2 Å². The second-order valence-corrected chi connectivity index (χ2v) is 7.41. The van der Waals surface area contributed by atoms with Crippen LogP contribution >= 0.6 is 11.3 Å². The minimum Gasteiger partial charge on any atom is -0.392 e. The number of urea groups is 1. The number of fused-ring (bicyclic) bond motifs is 1. The molecule has 6 heteroatoms. The molecule has 0 aliphatic heterocycles. The third kappa shape index (κ3) is 4.33. The van der Waals surface area contributed by atoms with Gasteiger partial charge in [0.1, 0.15) is 5.01 Å². The molecule has 0 spiro atoms. The van der Waals surface area contributed by atoms with E-state index in [0.29, 0.717) is 12.5 Å². The molecule has 2 atom stereocenters. The van der Waals surface area contributed by atoms with Gasteiger partial charge in [-0.2, -0.15) is 0 Å². The Bertz CT molecular complexity index is 685. The maximum atomic E-state index is 11.6. The molecule has 128 valence electrons. The van der Waals surface area contributed by atoms with Crippen molar-refractivity contribution in [1.82, 2.24) is 15.6 Å². The van der Waals surface area contributed by atoms with Crippen molar-refractivity contribution < 1.29 is 9.90 Å². The Labute approximate surface area is 146 Å². The Morgan fingerprint density at radius 2 is 2.17 bits per heavy atom. The fourth-order valence-corrected chi connectivity index (χ4v) is 4.11. The number of hydrogen-bond donors (Lipinski definition) is 3.